The molecule has 0 spiro atoms. The second kappa shape index (κ2) is 8.42. The molecule has 0 aromatic carbocycles. The van der Waals surface area contributed by atoms with Crippen LogP contribution in [0.2, 0.25) is 0 Å². The van der Waals surface area contributed by atoms with E-state index in [2.05, 4.69) is 49.5 Å². The van der Waals surface area contributed by atoms with Crippen LogP contribution in [0.1, 0.15) is 59.3 Å². The number of rotatable bonds is 4. The lowest BCUT2D eigenvalue weighted by atomic mass is 9.81. The third kappa shape index (κ3) is 6.27. The fraction of sp³-hybridized carbons (Fsp3) is 0.909. The van der Waals surface area contributed by atoms with Crippen LogP contribution >= 0.6 is 0 Å². The topological polar surface area (TPSA) is 15.7 Å². The number of likely N-dealkylation sites (tertiary alicyclic amines) is 2. The van der Waals surface area contributed by atoms with Crippen molar-refractivity contribution in [2.45, 2.75) is 71.5 Å². The van der Waals surface area contributed by atoms with Crippen LogP contribution in [0.5, 0.6) is 0 Å². The molecule has 3 fully saturated rings. The van der Waals surface area contributed by atoms with Crippen molar-refractivity contribution in [3.05, 3.63) is 0 Å². The summed E-state index contributed by atoms with van der Waals surface area (Å²) in [6, 6.07) is 0. The van der Waals surface area contributed by atoms with E-state index in [0.717, 1.165) is 18.8 Å². The van der Waals surface area contributed by atoms with Crippen molar-refractivity contribution in [3.63, 3.8) is 0 Å². The summed E-state index contributed by atoms with van der Waals surface area (Å²) in [4.78, 5) is 5.16. The van der Waals surface area contributed by atoms with Gasteiger partial charge in [0.1, 0.15) is 0 Å². The Labute approximate surface area is 155 Å². The lowest BCUT2D eigenvalue weighted by Crippen LogP contribution is -2.44. The number of ether oxygens (including phenoxy) is 1. The van der Waals surface area contributed by atoms with Gasteiger partial charge >= 0.3 is 0 Å². The van der Waals surface area contributed by atoms with Gasteiger partial charge in [0.15, 0.2) is 0 Å². The number of piperidine rings is 2. The number of nitrogens with zero attached hydrogens (tertiary/aromatic N) is 2. The highest BCUT2D eigenvalue weighted by molar-refractivity contribution is 5.13. The molecule has 0 aromatic heterocycles. The van der Waals surface area contributed by atoms with Crippen LogP contribution in [0.25, 0.3) is 0 Å². The van der Waals surface area contributed by atoms with Crippen molar-refractivity contribution in [2.24, 2.45) is 17.3 Å². The Kier molecular flexibility index (Phi) is 6.47. The van der Waals surface area contributed by atoms with E-state index >= 15 is 0 Å². The van der Waals surface area contributed by atoms with Gasteiger partial charge in [0.25, 0.3) is 0 Å². The summed E-state index contributed by atoms with van der Waals surface area (Å²) in [5, 5.41) is 0. The molecule has 0 N–H and O–H groups in total. The van der Waals surface area contributed by atoms with Crippen molar-refractivity contribution in [3.8, 4) is 11.8 Å². The van der Waals surface area contributed by atoms with Gasteiger partial charge in [-0.05, 0) is 85.4 Å². The van der Waals surface area contributed by atoms with Gasteiger partial charge < -0.3 is 14.5 Å². The summed E-state index contributed by atoms with van der Waals surface area (Å²) in [5.41, 5.74) is 0.131. The second-order valence-corrected chi connectivity index (χ2v) is 9.69. The summed E-state index contributed by atoms with van der Waals surface area (Å²) in [6.45, 7) is 12.9. The molecule has 25 heavy (non-hydrogen) atoms. The first kappa shape index (κ1) is 19.2. The predicted octanol–water partition coefficient (Wildman–Crippen LogP) is 3.64. The molecule has 2 aliphatic heterocycles. The van der Waals surface area contributed by atoms with Gasteiger partial charge in [0, 0.05) is 31.0 Å². The Morgan fingerprint density at radius 3 is 2.16 bits per heavy atom. The van der Waals surface area contributed by atoms with Gasteiger partial charge in [0.05, 0.1) is 12.2 Å². The van der Waals surface area contributed by atoms with Gasteiger partial charge in [-0.2, -0.15) is 0 Å². The predicted molar refractivity (Wildman–Crippen MR) is 105 cm³/mol. The molecule has 0 radical (unpaired) electrons. The second-order valence-electron chi connectivity index (χ2n) is 9.69. The Morgan fingerprint density at radius 1 is 0.920 bits per heavy atom. The van der Waals surface area contributed by atoms with E-state index in [9.17, 15) is 0 Å². The Bertz CT molecular complexity index is 464. The Balaban J connectivity index is 1.29. The van der Waals surface area contributed by atoms with Crippen molar-refractivity contribution >= 4 is 0 Å². The van der Waals surface area contributed by atoms with Gasteiger partial charge in [-0.25, -0.2) is 0 Å². The maximum absolute atomic E-state index is 6.34. The molecule has 2 heterocycles. The maximum Gasteiger partial charge on any atom is 0.0603 e. The first-order chi connectivity index (χ1) is 11.9. The average molecular weight is 347 g/mol. The minimum Gasteiger partial charge on any atom is -0.375 e. The summed E-state index contributed by atoms with van der Waals surface area (Å²) < 4.78 is 6.34. The average Bonchev–Trinajstić information content (AvgIpc) is 2.52. The summed E-state index contributed by atoms with van der Waals surface area (Å²) in [6.07, 6.45) is 8.48. The van der Waals surface area contributed by atoms with Crippen LogP contribution in [0.4, 0.5) is 0 Å². The third-order valence-electron chi connectivity index (χ3n) is 6.02. The van der Waals surface area contributed by atoms with Crippen molar-refractivity contribution in [1.29, 1.82) is 0 Å². The Hall–Kier alpha value is -0.560. The minimum absolute atomic E-state index is 0.131. The summed E-state index contributed by atoms with van der Waals surface area (Å²) in [7, 11) is 2.25. The highest BCUT2D eigenvalue weighted by atomic mass is 16.5. The lowest BCUT2D eigenvalue weighted by Gasteiger charge is -2.40. The first-order valence-electron chi connectivity index (χ1n) is 10.5. The monoisotopic (exact) mass is 346 g/mol. The standard InChI is InChI=1S/C22H38N2O/c1-22(2,3)10-5-19-15-21(16-19)25-20-8-13-24(14-9-20)17-18-6-11-23(4)12-7-18/h18-21H,6-9,11-17H2,1-4H3/t19-,21-. The molecule has 0 bridgehead atoms. The van der Waals surface area contributed by atoms with Crippen LogP contribution in [-0.4, -0.2) is 61.8 Å². The van der Waals surface area contributed by atoms with E-state index in [1.807, 2.05) is 0 Å². The van der Waals surface area contributed by atoms with E-state index in [0.29, 0.717) is 18.1 Å². The van der Waals surface area contributed by atoms with E-state index in [1.165, 1.54) is 58.4 Å². The number of hydrogen-bond donors (Lipinski definition) is 0. The van der Waals surface area contributed by atoms with Crippen molar-refractivity contribution in [2.75, 3.05) is 39.8 Å². The largest absolute Gasteiger partial charge is 0.375 e. The zero-order chi connectivity index (χ0) is 17.9. The quantitative estimate of drug-likeness (QED) is 0.723. The van der Waals surface area contributed by atoms with E-state index < -0.39 is 0 Å². The van der Waals surface area contributed by atoms with Crippen molar-refractivity contribution in [1.82, 2.24) is 9.80 Å². The molecule has 3 aliphatic rings. The highest BCUT2D eigenvalue weighted by Gasteiger charge is 2.32. The SMILES string of the molecule is CN1CCC(CN2CCC(O[C@H]3C[C@H](C#CC(C)(C)C)C3)CC2)CC1. The molecule has 3 nitrogen and oxygen atoms in total. The summed E-state index contributed by atoms with van der Waals surface area (Å²) >= 11 is 0. The van der Waals surface area contributed by atoms with Crippen LogP contribution in [-0.2, 0) is 4.74 Å². The van der Waals surface area contributed by atoms with Gasteiger partial charge in [-0.3, -0.25) is 0 Å². The molecule has 142 valence electrons. The van der Waals surface area contributed by atoms with Gasteiger partial charge in [-0.1, -0.05) is 11.8 Å². The maximum atomic E-state index is 6.34. The van der Waals surface area contributed by atoms with E-state index in [1.54, 1.807) is 0 Å². The van der Waals surface area contributed by atoms with Crippen LogP contribution in [0.15, 0.2) is 0 Å². The van der Waals surface area contributed by atoms with Gasteiger partial charge in [0.2, 0.25) is 0 Å². The molecule has 0 aromatic rings. The zero-order valence-corrected chi connectivity index (χ0v) is 16.9. The minimum atomic E-state index is 0.131. The molecular weight excluding hydrogens is 308 g/mol. The first-order valence-corrected chi connectivity index (χ1v) is 10.5. The third-order valence-corrected chi connectivity index (χ3v) is 6.02. The van der Waals surface area contributed by atoms with Crippen LogP contribution in [0, 0.1) is 29.1 Å². The fourth-order valence-corrected chi connectivity index (χ4v) is 4.22. The molecule has 1 saturated carbocycles. The molecule has 3 rings (SSSR count). The van der Waals surface area contributed by atoms with Gasteiger partial charge in [-0.15, -0.1) is 0 Å². The number of hydrogen-bond acceptors (Lipinski definition) is 3. The van der Waals surface area contributed by atoms with Crippen LogP contribution < -0.4 is 0 Å². The molecule has 3 heteroatoms. The molecule has 2 saturated heterocycles. The smallest absolute Gasteiger partial charge is 0.0603 e. The van der Waals surface area contributed by atoms with Crippen LogP contribution in [0.3, 0.4) is 0 Å². The normalized spacial score (nSPS) is 30.6. The van der Waals surface area contributed by atoms with E-state index in [-0.39, 0.29) is 5.41 Å². The van der Waals surface area contributed by atoms with E-state index in [4.69, 9.17) is 4.74 Å². The molecule has 0 amide bonds. The fourth-order valence-electron chi connectivity index (χ4n) is 4.22. The van der Waals surface area contributed by atoms with Crippen molar-refractivity contribution < 1.29 is 4.74 Å². The molecular formula is C22H38N2O. The Morgan fingerprint density at radius 2 is 1.56 bits per heavy atom. The highest BCUT2D eigenvalue weighted by Crippen LogP contribution is 2.32. The summed E-state index contributed by atoms with van der Waals surface area (Å²) in [5.74, 6) is 8.32. The molecule has 0 atom stereocenters. The molecule has 0 unspecified atom stereocenters. The zero-order valence-electron chi connectivity index (χ0n) is 16.9. The molecule has 1 aliphatic carbocycles. The lowest BCUT2D eigenvalue weighted by molar-refractivity contribution is -0.0858.